The number of ether oxygens (including phenoxy) is 2. The summed E-state index contributed by atoms with van der Waals surface area (Å²) in [6.07, 6.45) is -0.0429. The van der Waals surface area contributed by atoms with Gasteiger partial charge in [-0.25, -0.2) is 18.1 Å². The number of fused-ring (bicyclic) bond motifs is 1. The quantitative estimate of drug-likeness (QED) is 0.553. The Morgan fingerprint density at radius 2 is 2.00 bits per heavy atom. The summed E-state index contributed by atoms with van der Waals surface area (Å²) in [6, 6.07) is 11.4. The molecule has 1 aromatic heterocycles. The zero-order chi connectivity index (χ0) is 21.1. The molecule has 0 saturated carbocycles. The van der Waals surface area contributed by atoms with Gasteiger partial charge in [-0.15, -0.1) is 11.3 Å². The number of halogens is 1. The average molecular weight is 466 g/mol. The third-order valence-electron chi connectivity index (χ3n) is 4.17. The molecule has 0 atom stereocenters. The van der Waals surface area contributed by atoms with E-state index in [9.17, 15) is 13.2 Å². The van der Waals surface area contributed by atoms with Gasteiger partial charge in [0.1, 0.15) is 0 Å². The molecule has 2 aromatic carbocycles. The standard InChI is InChI=1S/C19H16ClN3O5S2/c20-13-2-1-3-14(9-13)30(25,26)21-7-6-18(24)23-19-22-15(10-29-19)12-4-5-16-17(8-12)28-11-27-16/h1-5,8-10,21H,6-7,11H2,(H,22,23,24). The summed E-state index contributed by atoms with van der Waals surface area (Å²) in [4.78, 5) is 16.6. The smallest absolute Gasteiger partial charge is 0.240 e. The van der Waals surface area contributed by atoms with Crippen LogP contribution in [0.5, 0.6) is 11.5 Å². The minimum atomic E-state index is -3.74. The van der Waals surface area contributed by atoms with Crippen molar-refractivity contribution in [2.45, 2.75) is 11.3 Å². The number of carbonyl (C=O) groups excluding carboxylic acids is 1. The first-order valence-electron chi connectivity index (χ1n) is 8.81. The Balaban J connectivity index is 1.32. The molecule has 8 nitrogen and oxygen atoms in total. The third kappa shape index (κ3) is 4.73. The van der Waals surface area contributed by atoms with Crippen LogP contribution in [0.3, 0.4) is 0 Å². The first-order chi connectivity index (χ1) is 14.4. The van der Waals surface area contributed by atoms with Gasteiger partial charge < -0.3 is 14.8 Å². The van der Waals surface area contributed by atoms with Gasteiger partial charge in [-0.2, -0.15) is 0 Å². The Hall–Kier alpha value is -2.66. The van der Waals surface area contributed by atoms with Crippen LogP contribution in [0.2, 0.25) is 5.02 Å². The molecule has 1 amide bonds. The number of thiazole rings is 1. The van der Waals surface area contributed by atoms with Crippen LogP contribution in [0.1, 0.15) is 6.42 Å². The van der Waals surface area contributed by atoms with Crippen LogP contribution in [-0.2, 0) is 14.8 Å². The number of nitrogens with one attached hydrogen (secondary N) is 2. The highest BCUT2D eigenvalue weighted by atomic mass is 35.5. The van der Waals surface area contributed by atoms with Crippen molar-refractivity contribution in [2.24, 2.45) is 0 Å². The molecule has 1 aliphatic rings. The molecule has 0 unspecified atom stereocenters. The summed E-state index contributed by atoms with van der Waals surface area (Å²) in [5, 5.41) is 5.23. The maximum atomic E-state index is 12.2. The Morgan fingerprint density at radius 1 is 1.17 bits per heavy atom. The molecule has 0 radical (unpaired) electrons. The van der Waals surface area contributed by atoms with Crippen molar-refractivity contribution >= 4 is 44.0 Å². The number of benzene rings is 2. The second kappa shape index (κ2) is 8.60. The van der Waals surface area contributed by atoms with Gasteiger partial charge in [0.25, 0.3) is 0 Å². The molecule has 3 aromatic rings. The Morgan fingerprint density at radius 3 is 2.83 bits per heavy atom. The number of rotatable bonds is 7. The van der Waals surface area contributed by atoms with E-state index in [-0.39, 0.29) is 30.6 Å². The SMILES string of the molecule is O=C(CCNS(=O)(=O)c1cccc(Cl)c1)Nc1nc(-c2ccc3c(c2)OCO3)cs1. The first kappa shape index (κ1) is 20.6. The van der Waals surface area contributed by atoms with Gasteiger partial charge in [-0.3, -0.25) is 4.79 Å². The Kier molecular flexibility index (Phi) is 5.91. The summed E-state index contributed by atoms with van der Waals surface area (Å²) >= 11 is 7.10. The molecule has 0 fully saturated rings. The Bertz CT molecular complexity index is 1200. The zero-order valence-corrected chi connectivity index (χ0v) is 17.8. The van der Waals surface area contributed by atoms with Crippen LogP contribution < -0.4 is 19.5 Å². The van der Waals surface area contributed by atoms with Crippen LogP contribution in [0, 0.1) is 0 Å². The number of hydrogen-bond donors (Lipinski definition) is 2. The number of carbonyl (C=O) groups is 1. The fraction of sp³-hybridized carbons (Fsp3) is 0.158. The summed E-state index contributed by atoms with van der Waals surface area (Å²) in [7, 11) is -3.74. The maximum Gasteiger partial charge on any atom is 0.240 e. The van der Waals surface area contributed by atoms with Crippen molar-refractivity contribution < 1.29 is 22.7 Å². The molecule has 30 heavy (non-hydrogen) atoms. The molecule has 11 heteroatoms. The molecule has 0 spiro atoms. The lowest BCUT2D eigenvalue weighted by Gasteiger charge is -2.07. The Labute approximate surface area is 181 Å². The second-order valence-corrected chi connectivity index (χ2v) is 9.32. The largest absolute Gasteiger partial charge is 0.454 e. The van der Waals surface area contributed by atoms with Crippen LogP contribution in [-0.4, -0.2) is 32.6 Å². The maximum absolute atomic E-state index is 12.2. The molecule has 156 valence electrons. The molecule has 4 rings (SSSR count). The van der Waals surface area contributed by atoms with E-state index in [2.05, 4.69) is 15.0 Å². The first-order valence-corrected chi connectivity index (χ1v) is 11.6. The van der Waals surface area contributed by atoms with Gasteiger partial charge in [0, 0.05) is 28.9 Å². The lowest BCUT2D eigenvalue weighted by molar-refractivity contribution is -0.116. The van der Waals surface area contributed by atoms with Gasteiger partial charge in [0.2, 0.25) is 22.7 Å². The number of aromatic nitrogens is 1. The number of hydrogen-bond acceptors (Lipinski definition) is 7. The van der Waals surface area contributed by atoms with E-state index < -0.39 is 10.0 Å². The van der Waals surface area contributed by atoms with Crippen LogP contribution in [0.25, 0.3) is 11.3 Å². The van der Waals surface area contributed by atoms with Crippen molar-refractivity contribution in [3.8, 4) is 22.8 Å². The molecule has 1 aliphatic heterocycles. The average Bonchev–Trinajstić information content (AvgIpc) is 3.36. The van der Waals surface area contributed by atoms with Crippen LogP contribution in [0.4, 0.5) is 5.13 Å². The summed E-state index contributed by atoms with van der Waals surface area (Å²) in [6.45, 7) is 0.138. The van der Waals surface area contributed by atoms with Crippen molar-refractivity contribution in [3.05, 3.63) is 52.9 Å². The van der Waals surface area contributed by atoms with E-state index in [4.69, 9.17) is 21.1 Å². The zero-order valence-electron chi connectivity index (χ0n) is 15.4. The monoisotopic (exact) mass is 465 g/mol. The van der Waals surface area contributed by atoms with Crippen LogP contribution in [0.15, 0.2) is 52.7 Å². The highest BCUT2D eigenvalue weighted by Gasteiger charge is 2.17. The molecule has 0 bridgehead atoms. The predicted octanol–water partition coefficient (Wildman–Crippen LogP) is 3.50. The van der Waals surface area contributed by atoms with E-state index in [1.165, 1.54) is 23.5 Å². The van der Waals surface area contributed by atoms with E-state index >= 15 is 0 Å². The highest BCUT2D eigenvalue weighted by molar-refractivity contribution is 7.89. The fourth-order valence-corrected chi connectivity index (χ4v) is 4.79. The van der Waals surface area contributed by atoms with E-state index in [0.717, 1.165) is 5.56 Å². The minimum Gasteiger partial charge on any atom is -0.454 e. The van der Waals surface area contributed by atoms with E-state index in [0.29, 0.717) is 27.3 Å². The molecular formula is C19H16ClN3O5S2. The van der Waals surface area contributed by atoms with Gasteiger partial charge >= 0.3 is 0 Å². The molecular weight excluding hydrogens is 450 g/mol. The number of anilines is 1. The van der Waals surface area contributed by atoms with Gasteiger partial charge in [0.05, 0.1) is 10.6 Å². The third-order valence-corrected chi connectivity index (χ3v) is 6.62. The highest BCUT2D eigenvalue weighted by Crippen LogP contribution is 2.36. The number of amides is 1. The molecule has 2 N–H and O–H groups in total. The van der Waals surface area contributed by atoms with Crippen molar-refractivity contribution in [2.75, 3.05) is 18.7 Å². The van der Waals surface area contributed by atoms with Crippen molar-refractivity contribution in [1.82, 2.24) is 9.71 Å². The second-order valence-electron chi connectivity index (χ2n) is 6.26. The van der Waals surface area contributed by atoms with Gasteiger partial charge in [-0.05, 0) is 36.4 Å². The predicted molar refractivity (Wildman–Crippen MR) is 114 cm³/mol. The number of nitrogens with zero attached hydrogens (tertiary/aromatic N) is 1. The molecule has 0 saturated heterocycles. The normalized spacial score (nSPS) is 12.7. The van der Waals surface area contributed by atoms with Crippen molar-refractivity contribution in [3.63, 3.8) is 0 Å². The summed E-state index contributed by atoms with van der Waals surface area (Å²) in [5.41, 5.74) is 1.53. The molecule has 0 aliphatic carbocycles. The summed E-state index contributed by atoms with van der Waals surface area (Å²) in [5.74, 6) is 0.983. The van der Waals surface area contributed by atoms with E-state index in [1.807, 2.05) is 17.5 Å². The lowest BCUT2D eigenvalue weighted by Crippen LogP contribution is -2.27. The number of sulfonamides is 1. The molecule has 2 heterocycles. The fourth-order valence-electron chi connectivity index (χ4n) is 2.72. The summed E-state index contributed by atoms with van der Waals surface area (Å²) < 4.78 is 37.5. The lowest BCUT2D eigenvalue weighted by atomic mass is 10.1. The minimum absolute atomic E-state index is 0.0429. The van der Waals surface area contributed by atoms with Gasteiger partial charge in [-0.1, -0.05) is 17.7 Å². The van der Waals surface area contributed by atoms with E-state index in [1.54, 1.807) is 18.2 Å². The van der Waals surface area contributed by atoms with Crippen molar-refractivity contribution in [1.29, 1.82) is 0 Å². The van der Waals surface area contributed by atoms with Gasteiger partial charge in [0.15, 0.2) is 16.6 Å². The topological polar surface area (TPSA) is 107 Å². The van der Waals surface area contributed by atoms with Crippen LogP contribution >= 0.6 is 22.9 Å².